The Balaban J connectivity index is 1.22. The number of benzene rings is 2. The van der Waals surface area contributed by atoms with Gasteiger partial charge in [-0.3, -0.25) is 4.90 Å². The van der Waals surface area contributed by atoms with E-state index >= 15 is 0 Å². The molecule has 2 aliphatic rings. The molecular weight excluding hydrogens is 443 g/mol. The van der Waals surface area contributed by atoms with Crippen molar-refractivity contribution in [1.82, 2.24) is 14.9 Å². The van der Waals surface area contributed by atoms with Crippen LogP contribution in [0, 0.1) is 0 Å². The first-order valence-electron chi connectivity index (χ1n) is 11.4. The van der Waals surface area contributed by atoms with Gasteiger partial charge in [0.25, 0.3) is 0 Å². The molecule has 3 aromatic rings. The van der Waals surface area contributed by atoms with Gasteiger partial charge in [-0.2, -0.15) is 13.2 Å². The molecule has 5 rings (SSSR count). The minimum Gasteiger partial charge on any atom is -0.390 e. The standard InChI is InChI=1S/C25H26F3N5O/c26-25(27,28)19-5-7-20(8-6-19)31-23-13-24(30-16-29-23)33-12-10-21(22(34)15-33)32-11-9-17-3-1-2-4-18(17)14-32/h1-8,13,16,21-22,34H,9-12,14-15H2,(H,29,30,31)/t21-,22-/m1/s1. The highest BCUT2D eigenvalue weighted by Gasteiger charge is 2.34. The average Bonchev–Trinajstić information content (AvgIpc) is 2.84. The third-order valence-corrected chi connectivity index (χ3v) is 6.64. The van der Waals surface area contributed by atoms with E-state index in [0.29, 0.717) is 23.9 Å². The summed E-state index contributed by atoms with van der Waals surface area (Å²) in [7, 11) is 0. The molecular formula is C25H26F3N5O. The number of aromatic nitrogens is 2. The van der Waals surface area contributed by atoms with Crippen LogP contribution in [0.2, 0.25) is 0 Å². The second-order valence-electron chi connectivity index (χ2n) is 8.82. The van der Waals surface area contributed by atoms with E-state index in [1.54, 1.807) is 6.07 Å². The molecule has 0 unspecified atom stereocenters. The lowest BCUT2D eigenvalue weighted by Crippen LogP contribution is -2.55. The molecule has 2 aliphatic heterocycles. The third-order valence-electron chi connectivity index (χ3n) is 6.64. The zero-order valence-electron chi connectivity index (χ0n) is 18.5. The zero-order chi connectivity index (χ0) is 23.7. The van der Waals surface area contributed by atoms with Gasteiger partial charge in [0.1, 0.15) is 18.0 Å². The highest BCUT2D eigenvalue weighted by Crippen LogP contribution is 2.31. The molecule has 34 heavy (non-hydrogen) atoms. The maximum absolute atomic E-state index is 12.8. The van der Waals surface area contributed by atoms with Crippen LogP contribution in [0.1, 0.15) is 23.1 Å². The van der Waals surface area contributed by atoms with Crippen molar-refractivity contribution in [3.8, 4) is 0 Å². The zero-order valence-corrected chi connectivity index (χ0v) is 18.5. The van der Waals surface area contributed by atoms with E-state index in [1.165, 1.54) is 29.6 Å². The second-order valence-corrected chi connectivity index (χ2v) is 8.82. The minimum absolute atomic E-state index is 0.0937. The molecule has 2 N–H and O–H groups in total. The lowest BCUT2D eigenvalue weighted by atomic mass is 9.94. The molecule has 0 bridgehead atoms. The first kappa shape index (κ1) is 22.6. The second kappa shape index (κ2) is 9.23. The van der Waals surface area contributed by atoms with Crippen LogP contribution in [0.25, 0.3) is 0 Å². The van der Waals surface area contributed by atoms with E-state index in [1.807, 2.05) is 4.90 Å². The summed E-state index contributed by atoms with van der Waals surface area (Å²) in [5.74, 6) is 1.15. The lowest BCUT2D eigenvalue weighted by molar-refractivity contribution is -0.137. The Hall–Kier alpha value is -3.17. The molecule has 178 valence electrons. The van der Waals surface area contributed by atoms with Crippen LogP contribution < -0.4 is 10.2 Å². The summed E-state index contributed by atoms with van der Waals surface area (Å²) in [4.78, 5) is 12.9. The average molecular weight is 470 g/mol. The number of hydrogen-bond acceptors (Lipinski definition) is 6. The van der Waals surface area contributed by atoms with Gasteiger partial charge in [0.2, 0.25) is 0 Å². The van der Waals surface area contributed by atoms with E-state index in [-0.39, 0.29) is 6.04 Å². The Morgan fingerprint density at radius 1 is 0.971 bits per heavy atom. The van der Waals surface area contributed by atoms with Crippen molar-refractivity contribution < 1.29 is 18.3 Å². The summed E-state index contributed by atoms with van der Waals surface area (Å²) >= 11 is 0. The van der Waals surface area contributed by atoms with Crippen molar-refractivity contribution in [2.75, 3.05) is 29.9 Å². The Bertz CT molecular complexity index is 1140. The number of aliphatic hydroxyl groups excluding tert-OH is 1. The summed E-state index contributed by atoms with van der Waals surface area (Å²) in [5, 5.41) is 14.0. The first-order chi connectivity index (χ1) is 16.4. The predicted molar refractivity (Wildman–Crippen MR) is 124 cm³/mol. The fraction of sp³-hybridized carbons (Fsp3) is 0.360. The smallest absolute Gasteiger partial charge is 0.390 e. The van der Waals surface area contributed by atoms with Crippen molar-refractivity contribution in [3.63, 3.8) is 0 Å². The summed E-state index contributed by atoms with van der Waals surface area (Å²) < 4.78 is 38.3. The fourth-order valence-corrected chi connectivity index (χ4v) is 4.83. The molecule has 0 saturated carbocycles. The lowest BCUT2D eigenvalue weighted by Gasteiger charge is -2.43. The number of fused-ring (bicyclic) bond motifs is 1. The van der Waals surface area contributed by atoms with Crippen molar-refractivity contribution >= 4 is 17.3 Å². The number of alkyl halides is 3. The molecule has 0 radical (unpaired) electrons. The number of rotatable bonds is 4. The summed E-state index contributed by atoms with van der Waals surface area (Å²) in [6.45, 7) is 3.00. The normalized spacial score (nSPS) is 21.2. The number of piperidine rings is 1. The Kier molecular flexibility index (Phi) is 6.14. The van der Waals surface area contributed by atoms with Crippen molar-refractivity contribution in [1.29, 1.82) is 0 Å². The fourth-order valence-electron chi connectivity index (χ4n) is 4.83. The van der Waals surface area contributed by atoms with Gasteiger partial charge >= 0.3 is 6.18 Å². The molecule has 2 aromatic carbocycles. The minimum atomic E-state index is -4.37. The third kappa shape index (κ3) is 4.85. The van der Waals surface area contributed by atoms with Crippen molar-refractivity contribution in [2.45, 2.75) is 37.7 Å². The molecule has 3 heterocycles. The van der Waals surface area contributed by atoms with E-state index in [0.717, 1.165) is 44.6 Å². The quantitative estimate of drug-likeness (QED) is 0.596. The molecule has 1 saturated heterocycles. The van der Waals surface area contributed by atoms with Gasteiger partial charge in [0.05, 0.1) is 11.7 Å². The van der Waals surface area contributed by atoms with Gasteiger partial charge < -0.3 is 15.3 Å². The number of nitrogens with zero attached hydrogens (tertiary/aromatic N) is 4. The first-order valence-corrected chi connectivity index (χ1v) is 11.4. The number of nitrogens with one attached hydrogen (secondary N) is 1. The van der Waals surface area contributed by atoms with E-state index < -0.39 is 17.8 Å². The maximum atomic E-state index is 12.8. The molecule has 2 atom stereocenters. The van der Waals surface area contributed by atoms with E-state index in [4.69, 9.17) is 0 Å². The predicted octanol–water partition coefficient (Wildman–Crippen LogP) is 4.24. The number of anilines is 3. The van der Waals surface area contributed by atoms with Gasteiger partial charge in [-0.05, 0) is 48.2 Å². The van der Waals surface area contributed by atoms with Crippen LogP contribution in [-0.2, 0) is 19.1 Å². The summed E-state index contributed by atoms with van der Waals surface area (Å²) in [5.41, 5.74) is 2.52. The molecule has 1 aromatic heterocycles. The highest BCUT2D eigenvalue weighted by molar-refractivity contribution is 5.59. The van der Waals surface area contributed by atoms with Crippen LogP contribution in [-0.4, -0.2) is 51.8 Å². The number of β-amino-alcohol motifs (C(OH)–C–C–N with tert-alkyl or cyclic N) is 1. The summed E-state index contributed by atoms with van der Waals surface area (Å²) in [6, 6.07) is 15.1. The number of aliphatic hydroxyl groups is 1. The molecule has 1 fully saturated rings. The van der Waals surface area contributed by atoms with Crippen molar-refractivity contribution in [3.05, 3.63) is 77.6 Å². The maximum Gasteiger partial charge on any atom is 0.416 e. The van der Waals surface area contributed by atoms with Crippen LogP contribution >= 0.6 is 0 Å². The van der Waals surface area contributed by atoms with Gasteiger partial charge in [0, 0.05) is 44.0 Å². The Morgan fingerprint density at radius 3 is 2.47 bits per heavy atom. The largest absolute Gasteiger partial charge is 0.416 e. The van der Waals surface area contributed by atoms with Crippen molar-refractivity contribution in [2.24, 2.45) is 0 Å². The molecule has 0 amide bonds. The van der Waals surface area contributed by atoms with Gasteiger partial charge in [-0.1, -0.05) is 24.3 Å². The monoisotopic (exact) mass is 469 g/mol. The Morgan fingerprint density at radius 2 is 1.74 bits per heavy atom. The van der Waals surface area contributed by atoms with Crippen LogP contribution in [0.15, 0.2) is 60.9 Å². The Labute approximate surface area is 196 Å². The highest BCUT2D eigenvalue weighted by atomic mass is 19.4. The van der Waals surface area contributed by atoms with Crippen LogP contribution in [0.5, 0.6) is 0 Å². The molecule has 9 heteroatoms. The van der Waals surface area contributed by atoms with Crippen LogP contribution in [0.4, 0.5) is 30.5 Å². The van der Waals surface area contributed by atoms with E-state index in [9.17, 15) is 18.3 Å². The number of hydrogen-bond donors (Lipinski definition) is 2. The van der Waals surface area contributed by atoms with Crippen LogP contribution in [0.3, 0.4) is 0 Å². The molecule has 0 aliphatic carbocycles. The summed E-state index contributed by atoms with van der Waals surface area (Å²) in [6.07, 6.45) is -1.66. The van der Waals surface area contributed by atoms with E-state index in [2.05, 4.69) is 44.5 Å². The number of halogens is 3. The SMILES string of the molecule is O[C@@H]1CN(c2cc(Nc3ccc(C(F)(F)F)cc3)ncn2)CC[C@H]1N1CCc2ccccc2C1. The molecule has 6 nitrogen and oxygen atoms in total. The topological polar surface area (TPSA) is 64.5 Å². The van der Waals surface area contributed by atoms with Gasteiger partial charge in [0.15, 0.2) is 0 Å². The van der Waals surface area contributed by atoms with Gasteiger partial charge in [-0.25, -0.2) is 9.97 Å². The van der Waals surface area contributed by atoms with Gasteiger partial charge in [-0.15, -0.1) is 0 Å². The molecule has 0 spiro atoms.